The molecule has 29 heavy (non-hydrogen) atoms. The van der Waals surface area contributed by atoms with Crippen LogP contribution in [0.3, 0.4) is 0 Å². The monoisotopic (exact) mass is 389 g/mol. The van der Waals surface area contributed by atoms with E-state index in [9.17, 15) is 9.59 Å². The minimum absolute atomic E-state index is 0.103. The van der Waals surface area contributed by atoms with Crippen molar-refractivity contribution >= 4 is 22.5 Å². The molecule has 0 aliphatic heterocycles. The number of esters is 1. The van der Waals surface area contributed by atoms with Crippen molar-refractivity contribution in [2.24, 2.45) is 0 Å². The summed E-state index contributed by atoms with van der Waals surface area (Å²) in [5.74, 6) is 0.158. The summed E-state index contributed by atoms with van der Waals surface area (Å²) in [6.07, 6.45) is 1.66. The lowest BCUT2D eigenvalue weighted by Crippen LogP contribution is -2.17. The zero-order valence-corrected chi connectivity index (χ0v) is 16.3. The molecule has 0 bridgehead atoms. The summed E-state index contributed by atoms with van der Waals surface area (Å²) in [6, 6.07) is 12.2. The van der Waals surface area contributed by atoms with Crippen LogP contribution in [0.4, 0.5) is 0 Å². The van der Waals surface area contributed by atoms with Crippen molar-refractivity contribution in [2.75, 3.05) is 7.11 Å². The zero-order valence-electron chi connectivity index (χ0n) is 16.3. The van der Waals surface area contributed by atoms with Crippen LogP contribution in [0.15, 0.2) is 53.5 Å². The second kappa shape index (κ2) is 7.35. The van der Waals surface area contributed by atoms with Gasteiger partial charge in [-0.15, -0.1) is 0 Å². The smallest absolute Gasteiger partial charge is 0.340 e. The van der Waals surface area contributed by atoms with Crippen molar-refractivity contribution in [3.8, 4) is 5.75 Å². The van der Waals surface area contributed by atoms with Crippen molar-refractivity contribution in [3.05, 3.63) is 81.5 Å². The van der Waals surface area contributed by atoms with Gasteiger partial charge in [-0.3, -0.25) is 14.2 Å². The first-order chi connectivity index (χ1) is 14.0. The quantitative estimate of drug-likeness (QED) is 0.499. The lowest BCUT2D eigenvalue weighted by molar-refractivity contribution is 0.0466. The number of benzene rings is 1. The third kappa shape index (κ3) is 3.54. The summed E-state index contributed by atoms with van der Waals surface area (Å²) in [7, 11) is 1.58. The molecule has 0 aliphatic rings. The predicted octanol–water partition coefficient (Wildman–Crippen LogP) is 3.23. The van der Waals surface area contributed by atoms with Crippen LogP contribution < -0.4 is 10.3 Å². The largest absolute Gasteiger partial charge is 0.497 e. The molecule has 0 unspecified atom stereocenters. The summed E-state index contributed by atoms with van der Waals surface area (Å²) in [5.41, 5.74) is 3.27. The molecule has 146 valence electrons. The van der Waals surface area contributed by atoms with Gasteiger partial charge in [-0.1, -0.05) is 6.07 Å². The fraction of sp³-hybridized carbons (Fsp3) is 0.182. The topological polar surface area (TPSA) is 82.8 Å². The van der Waals surface area contributed by atoms with Crippen LogP contribution in [0.1, 0.15) is 27.3 Å². The molecule has 0 atom stereocenters. The summed E-state index contributed by atoms with van der Waals surface area (Å²) >= 11 is 0. The third-order valence-electron chi connectivity index (χ3n) is 4.72. The Hall–Kier alpha value is -3.74. The fourth-order valence-electron chi connectivity index (χ4n) is 3.18. The van der Waals surface area contributed by atoms with E-state index < -0.39 is 5.97 Å². The number of hydrogen-bond acceptors (Lipinski definition) is 6. The van der Waals surface area contributed by atoms with Crippen LogP contribution in [0, 0.1) is 13.8 Å². The Balaban J connectivity index is 1.61. The normalized spacial score (nSPS) is 11.0. The predicted molar refractivity (Wildman–Crippen MR) is 108 cm³/mol. The highest BCUT2D eigenvalue weighted by atomic mass is 16.5. The van der Waals surface area contributed by atoms with Crippen LogP contribution in [0.2, 0.25) is 0 Å². The first-order valence-corrected chi connectivity index (χ1v) is 9.06. The van der Waals surface area contributed by atoms with Crippen molar-refractivity contribution < 1.29 is 14.3 Å². The number of aromatic nitrogens is 3. The number of pyridine rings is 2. The molecule has 0 fully saturated rings. The first kappa shape index (κ1) is 18.6. The van der Waals surface area contributed by atoms with Gasteiger partial charge >= 0.3 is 5.97 Å². The molecule has 0 N–H and O–H groups in total. The van der Waals surface area contributed by atoms with Gasteiger partial charge in [0.05, 0.1) is 29.6 Å². The van der Waals surface area contributed by atoms with Crippen molar-refractivity contribution in [3.63, 3.8) is 0 Å². The molecule has 0 amide bonds. The Morgan fingerprint density at radius 2 is 1.93 bits per heavy atom. The van der Waals surface area contributed by atoms with Gasteiger partial charge in [-0.2, -0.15) is 0 Å². The van der Waals surface area contributed by atoms with Gasteiger partial charge in [0, 0.05) is 17.6 Å². The van der Waals surface area contributed by atoms with E-state index in [2.05, 4.69) is 9.97 Å². The summed E-state index contributed by atoms with van der Waals surface area (Å²) in [5, 5.41) is 0.777. The summed E-state index contributed by atoms with van der Waals surface area (Å²) in [4.78, 5) is 33.9. The van der Waals surface area contributed by atoms with Crippen LogP contribution >= 0.6 is 0 Å². The Morgan fingerprint density at radius 3 is 2.72 bits per heavy atom. The van der Waals surface area contributed by atoms with E-state index in [-0.39, 0.29) is 12.2 Å². The lowest BCUT2D eigenvalue weighted by Gasteiger charge is -2.10. The zero-order chi connectivity index (χ0) is 20.5. The minimum Gasteiger partial charge on any atom is -0.497 e. The van der Waals surface area contributed by atoms with Gasteiger partial charge in [0.2, 0.25) is 0 Å². The number of rotatable bonds is 4. The molecule has 4 rings (SSSR count). The van der Waals surface area contributed by atoms with Crippen molar-refractivity contribution in [1.82, 2.24) is 14.4 Å². The Labute approximate surface area is 166 Å². The van der Waals surface area contributed by atoms with Gasteiger partial charge in [-0.05, 0) is 49.7 Å². The maximum absolute atomic E-state index is 12.6. The fourth-order valence-corrected chi connectivity index (χ4v) is 3.18. The molecule has 0 spiro atoms. The van der Waals surface area contributed by atoms with Gasteiger partial charge in [0.1, 0.15) is 18.0 Å². The highest BCUT2D eigenvalue weighted by molar-refractivity contribution is 5.95. The Kier molecular flexibility index (Phi) is 4.72. The third-order valence-corrected chi connectivity index (χ3v) is 4.72. The molecular formula is C22H19N3O4. The van der Waals surface area contributed by atoms with Crippen LogP contribution in [-0.4, -0.2) is 27.4 Å². The van der Waals surface area contributed by atoms with Crippen LogP contribution in [0.5, 0.6) is 5.75 Å². The number of carbonyl (C=O) groups excluding carboxylic acids is 1. The number of methoxy groups -OCH3 is 1. The molecule has 3 heterocycles. The highest BCUT2D eigenvalue weighted by Gasteiger charge is 2.15. The molecule has 7 nitrogen and oxygen atoms in total. The Bertz CT molecular complexity index is 1310. The molecular weight excluding hydrogens is 370 g/mol. The van der Waals surface area contributed by atoms with E-state index in [0.29, 0.717) is 28.3 Å². The van der Waals surface area contributed by atoms with Crippen LogP contribution in [-0.2, 0) is 11.3 Å². The average Bonchev–Trinajstić information content (AvgIpc) is 2.72. The maximum Gasteiger partial charge on any atom is 0.340 e. The molecule has 3 aromatic heterocycles. The molecule has 4 aromatic rings. The second-order valence-electron chi connectivity index (χ2n) is 6.73. The highest BCUT2D eigenvalue weighted by Crippen LogP contribution is 2.22. The van der Waals surface area contributed by atoms with E-state index in [1.165, 1.54) is 10.5 Å². The average molecular weight is 389 g/mol. The summed E-state index contributed by atoms with van der Waals surface area (Å²) < 4.78 is 12.1. The molecule has 0 saturated heterocycles. The van der Waals surface area contributed by atoms with E-state index in [4.69, 9.17) is 9.47 Å². The van der Waals surface area contributed by atoms with Gasteiger partial charge in [-0.25, -0.2) is 9.78 Å². The van der Waals surface area contributed by atoms with E-state index in [0.717, 1.165) is 16.5 Å². The number of hydrogen-bond donors (Lipinski definition) is 0. The second-order valence-corrected chi connectivity index (χ2v) is 6.73. The lowest BCUT2D eigenvalue weighted by atomic mass is 10.1. The number of fused-ring (bicyclic) bond motifs is 2. The minimum atomic E-state index is -0.522. The standard InChI is InChI=1S/C22H19N3O4/c1-13-5-4-8-25-20(26)11-16(24-21(13)25)12-29-22(27)18-10-15-9-17(28-3)6-7-19(15)23-14(18)2/h4-11H,12H2,1-3H3. The maximum atomic E-state index is 12.6. The first-order valence-electron chi connectivity index (χ1n) is 9.06. The molecule has 0 radical (unpaired) electrons. The molecule has 7 heteroatoms. The van der Waals surface area contributed by atoms with Crippen LogP contribution in [0.25, 0.3) is 16.6 Å². The molecule has 0 aliphatic carbocycles. The summed E-state index contributed by atoms with van der Waals surface area (Å²) in [6.45, 7) is 3.52. The van der Waals surface area contributed by atoms with Gasteiger partial charge in [0.15, 0.2) is 0 Å². The number of aryl methyl sites for hydroxylation is 2. The number of ether oxygens (including phenoxy) is 2. The number of carbonyl (C=O) groups is 1. The van der Waals surface area contributed by atoms with E-state index in [1.54, 1.807) is 32.4 Å². The molecule has 1 aromatic carbocycles. The van der Waals surface area contributed by atoms with Gasteiger partial charge < -0.3 is 9.47 Å². The van der Waals surface area contributed by atoms with Crippen molar-refractivity contribution in [1.29, 1.82) is 0 Å². The SMILES string of the molecule is COc1ccc2nc(C)c(C(=O)OCc3cc(=O)n4cccc(C)c4n3)cc2c1. The van der Waals surface area contributed by atoms with Crippen molar-refractivity contribution in [2.45, 2.75) is 20.5 Å². The van der Waals surface area contributed by atoms with E-state index in [1.807, 2.05) is 31.2 Å². The molecule has 0 saturated carbocycles. The van der Waals surface area contributed by atoms with E-state index >= 15 is 0 Å². The Morgan fingerprint density at radius 1 is 1.10 bits per heavy atom. The number of nitrogens with zero attached hydrogens (tertiary/aromatic N) is 3. The van der Waals surface area contributed by atoms with Gasteiger partial charge in [0.25, 0.3) is 5.56 Å².